The van der Waals surface area contributed by atoms with Crippen LogP contribution in [0.1, 0.15) is 19.8 Å². The van der Waals surface area contributed by atoms with Crippen LogP contribution in [0.5, 0.6) is 0 Å². The molecule has 0 atom stereocenters. The standard InChI is InChI=1S/C9H18N2/c1-5-6-9(7-10-2)8-11(3)4/h7-8H,5-6H2,1-4H3/b9-8+,10-7-. The first-order valence-corrected chi connectivity index (χ1v) is 4.00. The summed E-state index contributed by atoms with van der Waals surface area (Å²) < 4.78 is 0. The number of allylic oxidation sites excluding steroid dienone is 1. The molecule has 2 nitrogen and oxygen atoms in total. The van der Waals surface area contributed by atoms with Crippen LogP contribution in [0.15, 0.2) is 16.8 Å². The first-order valence-electron chi connectivity index (χ1n) is 4.00. The Morgan fingerprint density at radius 1 is 1.45 bits per heavy atom. The average Bonchev–Trinajstić information content (AvgIpc) is 1.87. The van der Waals surface area contributed by atoms with Crippen LogP contribution < -0.4 is 0 Å². The van der Waals surface area contributed by atoms with Crippen molar-refractivity contribution >= 4 is 6.21 Å². The quantitative estimate of drug-likeness (QED) is 0.565. The average molecular weight is 154 g/mol. The van der Waals surface area contributed by atoms with Crippen LogP contribution in [-0.2, 0) is 0 Å². The molecule has 0 unspecified atom stereocenters. The van der Waals surface area contributed by atoms with Gasteiger partial charge in [-0.25, -0.2) is 0 Å². The van der Waals surface area contributed by atoms with E-state index >= 15 is 0 Å². The highest BCUT2D eigenvalue weighted by molar-refractivity contribution is 5.78. The zero-order valence-corrected chi connectivity index (χ0v) is 7.96. The minimum atomic E-state index is 1.11. The van der Waals surface area contributed by atoms with Gasteiger partial charge in [-0.05, 0) is 12.0 Å². The lowest BCUT2D eigenvalue weighted by atomic mass is 10.2. The van der Waals surface area contributed by atoms with Gasteiger partial charge in [0.05, 0.1) is 0 Å². The number of rotatable bonds is 4. The maximum absolute atomic E-state index is 3.99. The monoisotopic (exact) mass is 154 g/mol. The number of hydrogen-bond acceptors (Lipinski definition) is 2. The van der Waals surface area contributed by atoms with Crippen molar-refractivity contribution in [1.82, 2.24) is 4.90 Å². The van der Waals surface area contributed by atoms with Gasteiger partial charge in [0.25, 0.3) is 0 Å². The zero-order valence-electron chi connectivity index (χ0n) is 7.96. The molecule has 0 aliphatic carbocycles. The van der Waals surface area contributed by atoms with Gasteiger partial charge < -0.3 is 4.90 Å². The Hall–Kier alpha value is -0.790. The van der Waals surface area contributed by atoms with E-state index in [9.17, 15) is 0 Å². The largest absolute Gasteiger partial charge is 0.383 e. The van der Waals surface area contributed by atoms with E-state index in [1.165, 1.54) is 12.0 Å². The van der Waals surface area contributed by atoms with Gasteiger partial charge in [-0.1, -0.05) is 13.3 Å². The summed E-state index contributed by atoms with van der Waals surface area (Å²) in [4.78, 5) is 6.04. The molecule has 0 aromatic carbocycles. The van der Waals surface area contributed by atoms with Crippen molar-refractivity contribution in [3.8, 4) is 0 Å². The molecule has 0 N–H and O–H groups in total. The van der Waals surface area contributed by atoms with E-state index in [4.69, 9.17) is 0 Å². The normalized spacial score (nSPS) is 12.5. The molecule has 0 rings (SSSR count). The van der Waals surface area contributed by atoms with E-state index in [2.05, 4.69) is 18.1 Å². The van der Waals surface area contributed by atoms with Gasteiger partial charge in [0, 0.05) is 33.6 Å². The van der Waals surface area contributed by atoms with Crippen molar-refractivity contribution in [2.75, 3.05) is 21.1 Å². The molecule has 0 fully saturated rings. The third kappa shape index (κ3) is 5.64. The molecule has 0 aliphatic rings. The van der Waals surface area contributed by atoms with Crippen molar-refractivity contribution in [2.45, 2.75) is 19.8 Å². The molecule has 0 radical (unpaired) electrons. The summed E-state index contributed by atoms with van der Waals surface area (Å²) in [7, 11) is 5.86. The molecule has 0 heterocycles. The van der Waals surface area contributed by atoms with Crippen LogP contribution in [0.2, 0.25) is 0 Å². The fraction of sp³-hybridized carbons (Fsp3) is 0.667. The first-order chi connectivity index (χ1) is 5.20. The zero-order chi connectivity index (χ0) is 8.69. The third-order valence-corrected chi connectivity index (χ3v) is 1.26. The second-order valence-electron chi connectivity index (χ2n) is 2.80. The Morgan fingerprint density at radius 3 is 2.45 bits per heavy atom. The molecule has 64 valence electrons. The highest BCUT2D eigenvalue weighted by atomic mass is 15.0. The van der Waals surface area contributed by atoms with E-state index in [0.717, 1.165) is 6.42 Å². The summed E-state index contributed by atoms with van der Waals surface area (Å²) in [6.45, 7) is 2.17. The summed E-state index contributed by atoms with van der Waals surface area (Å²) in [5.74, 6) is 0. The van der Waals surface area contributed by atoms with Gasteiger partial charge in [0.15, 0.2) is 0 Å². The van der Waals surface area contributed by atoms with Gasteiger partial charge >= 0.3 is 0 Å². The van der Waals surface area contributed by atoms with Gasteiger partial charge in [0.1, 0.15) is 0 Å². The second kappa shape index (κ2) is 5.96. The van der Waals surface area contributed by atoms with Crippen LogP contribution in [-0.4, -0.2) is 32.3 Å². The van der Waals surface area contributed by atoms with Crippen LogP contribution in [0.3, 0.4) is 0 Å². The molecule has 0 spiro atoms. The van der Waals surface area contributed by atoms with Crippen LogP contribution in [0.4, 0.5) is 0 Å². The highest BCUT2D eigenvalue weighted by Crippen LogP contribution is 2.01. The summed E-state index contributed by atoms with van der Waals surface area (Å²) in [6.07, 6.45) is 6.31. The van der Waals surface area contributed by atoms with Gasteiger partial charge in [-0.15, -0.1) is 0 Å². The van der Waals surface area contributed by atoms with Crippen molar-refractivity contribution in [3.63, 3.8) is 0 Å². The van der Waals surface area contributed by atoms with E-state index in [1.807, 2.05) is 25.2 Å². The molecule has 0 saturated heterocycles. The third-order valence-electron chi connectivity index (χ3n) is 1.26. The van der Waals surface area contributed by atoms with Gasteiger partial charge in [-0.3, -0.25) is 4.99 Å². The molecule has 0 bridgehead atoms. The smallest absolute Gasteiger partial charge is 0.0277 e. The highest BCUT2D eigenvalue weighted by Gasteiger charge is 1.90. The van der Waals surface area contributed by atoms with Crippen molar-refractivity contribution < 1.29 is 0 Å². The lowest BCUT2D eigenvalue weighted by molar-refractivity contribution is 0.558. The van der Waals surface area contributed by atoms with Gasteiger partial charge in [-0.2, -0.15) is 0 Å². The number of aliphatic imine (C=N–C) groups is 1. The molecule has 0 aromatic rings. The summed E-state index contributed by atoms with van der Waals surface area (Å²) in [5.41, 5.74) is 1.29. The lowest BCUT2D eigenvalue weighted by Crippen LogP contribution is -2.03. The Balaban J connectivity index is 4.08. The second-order valence-corrected chi connectivity index (χ2v) is 2.80. The van der Waals surface area contributed by atoms with E-state index < -0.39 is 0 Å². The molecule has 2 heteroatoms. The molecule has 0 amide bonds. The fourth-order valence-corrected chi connectivity index (χ4v) is 0.949. The minimum Gasteiger partial charge on any atom is -0.383 e. The van der Waals surface area contributed by atoms with Crippen LogP contribution in [0.25, 0.3) is 0 Å². The lowest BCUT2D eigenvalue weighted by Gasteiger charge is -2.06. The fourth-order valence-electron chi connectivity index (χ4n) is 0.949. The Labute approximate surface area is 69.6 Å². The Morgan fingerprint density at radius 2 is 2.09 bits per heavy atom. The molecule has 11 heavy (non-hydrogen) atoms. The van der Waals surface area contributed by atoms with Crippen LogP contribution in [0, 0.1) is 0 Å². The topological polar surface area (TPSA) is 15.6 Å². The Bertz CT molecular complexity index is 146. The maximum atomic E-state index is 3.99. The summed E-state index contributed by atoms with van der Waals surface area (Å²) in [6, 6.07) is 0. The van der Waals surface area contributed by atoms with E-state index in [0.29, 0.717) is 0 Å². The Kier molecular flexibility index (Phi) is 5.53. The van der Waals surface area contributed by atoms with Crippen molar-refractivity contribution in [3.05, 3.63) is 11.8 Å². The molecule has 0 saturated carbocycles. The minimum absolute atomic E-state index is 1.11. The number of hydrogen-bond donors (Lipinski definition) is 0. The van der Waals surface area contributed by atoms with Crippen LogP contribution >= 0.6 is 0 Å². The van der Waals surface area contributed by atoms with Gasteiger partial charge in [0.2, 0.25) is 0 Å². The molecule has 0 aliphatic heterocycles. The molecule has 0 aromatic heterocycles. The predicted octanol–water partition coefficient (Wildman–Crippen LogP) is 1.93. The molecular weight excluding hydrogens is 136 g/mol. The van der Waals surface area contributed by atoms with Crippen molar-refractivity contribution in [1.29, 1.82) is 0 Å². The van der Waals surface area contributed by atoms with E-state index in [1.54, 1.807) is 7.05 Å². The number of nitrogens with zero attached hydrogens (tertiary/aromatic N) is 2. The summed E-state index contributed by atoms with van der Waals surface area (Å²) >= 11 is 0. The predicted molar refractivity (Wildman–Crippen MR) is 51.1 cm³/mol. The van der Waals surface area contributed by atoms with Crippen molar-refractivity contribution in [2.24, 2.45) is 4.99 Å². The maximum Gasteiger partial charge on any atom is 0.0277 e. The SMILES string of the molecule is CCCC(/C=N\C)=C\N(C)C. The van der Waals surface area contributed by atoms with E-state index in [-0.39, 0.29) is 0 Å². The summed E-state index contributed by atoms with van der Waals surface area (Å²) in [5, 5.41) is 0. The first kappa shape index (κ1) is 10.2. The molecular formula is C9H18N2.